The van der Waals surface area contributed by atoms with Crippen LogP contribution in [0.3, 0.4) is 0 Å². The Morgan fingerprint density at radius 3 is 2.28 bits per heavy atom. The van der Waals surface area contributed by atoms with E-state index in [-0.39, 0.29) is 17.0 Å². The molecule has 29 heavy (non-hydrogen) atoms. The number of hydrogen-bond acceptors (Lipinski definition) is 3. The topological polar surface area (TPSA) is 40.6 Å². The molecule has 0 spiro atoms. The molecule has 0 radical (unpaired) electrons. The Bertz CT molecular complexity index is 1020. The minimum Gasteiger partial charge on any atom is -0.366 e. The van der Waals surface area contributed by atoms with E-state index in [1.165, 1.54) is 24.3 Å². The van der Waals surface area contributed by atoms with Gasteiger partial charge in [0.15, 0.2) is 0 Å². The molecule has 0 aromatic heterocycles. The van der Waals surface area contributed by atoms with Crippen molar-refractivity contribution in [3.8, 4) is 0 Å². The van der Waals surface area contributed by atoms with E-state index < -0.39 is 29.3 Å². The average molecular weight is 400 g/mol. The fourth-order valence-corrected chi connectivity index (χ4v) is 3.96. The van der Waals surface area contributed by atoms with Crippen molar-refractivity contribution < 1.29 is 22.8 Å². The van der Waals surface area contributed by atoms with Gasteiger partial charge < -0.3 is 4.90 Å². The molecule has 2 heterocycles. The van der Waals surface area contributed by atoms with Crippen molar-refractivity contribution in [1.29, 1.82) is 0 Å². The normalized spacial score (nSPS) is 20.1. The zero-order chi connectivity index (χ0) is 20.7. The first-order chi connectivity index (χ1) is 13.9. The molecule has 0 N–H and O–H groups in total. The van der Waals surface area contributed by atoms with Crippen molar-refractivity contribution in [1.82, 2.24) is 4.90 Å². The van der Waals surface area contributed by atoms with Crippen LogP contribution < -0.4 is 4.90 Å². The largest absolute Gasteiger partial charge is 0.366 e. The van der Waals surface area contributed by atoms with Gasteiger partial charge in [-0.05, 0) is 48.6 Å². The number of likely N-dealkylation sites (tertiary alicyclic amines) is 1. The van der Waals surface area contributed by atoms with Gasteiger partial charge in [0.05, 0.1) is 11.3 Å². The lowest BCUT2D eigenvalue weighted by Crippen LogP contribution is -2.39. The van der Waals surface area contributed by atoms with Crippen LogP contribution in [-0.2, 0) is 9.59 Å². The summed E-state index contributed by atoms with van der Waals surface area (Å²) in [5, 5.41) is 0. The summed E-state index contributed by atoms with van der Waals surface area (Å²) in [6.07, 6.45) is 1.86. The second-order valence-corrected chi connectivity index (χ2v) is 7.47. The van der Waals surface area contributed by atoms with Crippen LogP contribution in [0.25, 0.3) is 5.57 Å². The van der Waals surface area contributed by atoms with Crippen LogP contribution in [0.15, 0.2) is 48.2 Å². The van der Waals surface area contributed by atoms with Gasteiger partial charge in [0.25, 0.3) is 11.8 Å². The fraction of sp³-hybridized carbons (Fsp3) is 0.273. The van der Waals surface area contributed by atoms with Crippen molar-refractivity contribution >= 4 is 23.1 Å². The highest BCUT2D eigenvalue weighted by Crippen LogP contribution is 2.37. The van der Waals surface area contributed by atoms with Crippen molar-refractivity contribution in [3.05, 3.63) is 71.2 Å². The van der Waals surface area contributed by atoms with Gasteiger partial charge in [-0.1, -0.05) is 19.1 Å². The Labute approximate surface area is 166 Å². The van der Waals surface area contributed by atoms with Crippen LogP contribution in [0.5, 0.6) is 0 Å². The van der Waals surface area contributed by atoms with Crippen LogP contribution in [0.4, 0.5) is 18.9 Å². The van der Waals surface area contributed by atoms with Crippen molar-refractivity contribution in [2.24, 2.45) is 5.92 Å². The van der Waals surface area contributed by atoms with E-state index in [9.17, 15) is 22.8 Å². The third-order valence-electron chi connectivity index (χ3n) is 5.32. The Kier molecular flexibility index (Phi) is 4.90. The molecule has 7 heteroatoms. The monoisotopic (exact) mass is 400 g/mol. The first-order valence-electron chi connectivity index (χ1n) is 9.46. The summed E-state index contributed by atoms with van der Waals surface area (Å²) in [5.41, 5.74) is 0.355. The van der Waals surface area contributed by atoms with Crippen molar-refractivity contribution in [3.63, 3.8) is 0 Å². The highest BCUT2D eigenvalue weighted by atomic mass is 19.1. The minimum absolute atomic E-state index is 0.104. The summed E-state index contributed by atoms with van der Waals surface area (Å²) >= 11 is 0. The lowest BCUT2D eigenvalue weighted by molar-refractivity contribution is -0.120. The number of carbonyl (C=O) groups is 2. The first kappa shape index (κ1) is 19.2. The molecule has 2 aromatic rings. The molecule has 150 valence electrons. The Morgan fingerprint density at radius 1 is 0.931 bits per heavy atom. The molecule has 1 fully saturated rings. The Balaban J connectivity index is 1.84. The molecule has 0 aliphatic carbocycles. The highest BCUT2D eigenvalue weighted by Gasteiger charge is 2.44. The van der Waals surface area contributed by atoms with Crippen molar-refractivity contribution in [2.45, 2.75) is 19.8 Å². The van der Waals surface area contributed by atoms with Gasteiger partial charge in [-0.2, -0.15) is 0 Å². The van der Waals surface area contributed by atoms with Gasteiger partial charge in [0, 0.05) is 19.2 Å². The van der Waals surface area contributed by atoms with Crippen LogP contribution in [0.2, 0.25) is 0 Å². The second-order valence-electron chi connectivity index (χ2n) is 7.47. The fourth-order valence-electron chi connectivity index (χ4n) is 3.96. The molecule has 1 unspecified atom stereocenters. The van der Waals surface area contributed by atoms with Gasteiger partial charge in [-0.25, -0.2) is 18.1 Å². The average Bonchev–Trinajstić information content (AvgIpc) is 2.93. The molecule has 2 aliphatic rings. The number of carbonyl (C=O) groups excluding carboxylic acids is 2. The number of rotatable bonds is 3. The van der Waals surface area contributed by atoms with E-state index in [1.54, 1.807) is 0 Å². The number of nitrogens with zero attached hydrogens (tertiary/aromatic N) is 2. The number of halogens is 3. The highest BCUT2D eigenvalue weighted by molar-refractivity contribution is 6.45. The quantitative estimate of drug-likeness (QED) is 0.728. The summed E-state index contributed by atoms with van der Waals surface area (Å²) in [6, 6.07) is 7.97. The van der Waals surface area contributed by atoms with Gasteiger partial charge in [-0.3, -0.25) is 9.59 Å². The van der Waals surface area contributed by atoms with E-state index in [4.69, 9.17) is 0 Å². The number of anilines is 1. The van der Waals surface area contributed by atoms with E-state index in [1.807, 2.05) is 4.90 Å². The predicted molar refractivity (Wildman–Crippen MR) is 102 cm³/mol. The predicted octanol–water partition coefficient (Wildman–Crippen LogP) is 4.12. The SMILES string of the molecule is CC1CCCN(C2=C(c3ccc(F)cc3)C(=O)N(c3ccc(F)cc3F)C2=O)C1. The standard InChI is InChI=1S/C22H19F3N2O2/c1-13-3-2-10-26(12-13)20-19(14-4-6-15(23)7-5-14)21(28)27(22(20)29)18-9-8-16(24)11-17(18)25/h4-9,11,13H,2-3,10,12H2,1H3. The van der Waals surface area contributed by atoms with Crippen molar-refractivity contribution in [2.75, 3.05) is 18.0 Å². The first-order valence-corrected chi connectivity index (χ1v) is 9.46. The van der Waals surface area contributed by atoms with Gasteiger partial charge >= 0.3 is 0 Å². The maximum atomic E-state index is 14.4. The number of amides is 2. The lowest BCUT2D eigenvalue weighted by Gasteiger charge is -2.33. The summed E-state index contributed by atoms with van der Waals surface area (Å²) in [7, 11) is 0. The zero-order valence-corrected chi connectivity index (χ0v) is 15.8. The smallest absolute Gasteiger partial charge is 0.282 e. The summed E-state index contributed by atoms with van der Waals surface area (Å²) in [4.78, 5) is 29.1. The second kappa shape index (κ2) is 7.39. The summed E-state index contributed by atoms with van der Waals surface area (Å²) < 4.78 is 41.1. The van der Waals surface area contributed by atoms with Crippen LogP contribution in [0.1, 0.15) is 25.3 Å². The molecule has 1 saturated heterocycles. The molecule has 2 amide bonds. The molecular formula is C22H19F3N2O2. The Morgan fingerprint density at radius 2 is 1.62 bits per heavy atom. The van der Waals surface area contributed by atoms with E-state index in [0.29, 0.717) is 30.6 Å². The molecule has 4 rings (SSSR count). The maximum Gasteiger partial charge on any atom is 0.282 e. The summed E-state index contributed by atoms with van der Waals surface area (Å²) in [6.45, 7) is 3.23. The van der Waals surface area contributed by atoms with E-state index in [2.05, 4.69) is 6.92 Å². The molecule has 1 atom stereocenters. The van der Waals surface area contributed by atoms with Gasteiger partial charge in [0.2, 0.25) is 0 Å². The maximum absolute atomic E-state index is 14.4. The van der Waals surface area contributed by atoms with Gasteiger partial charge in [-0.15, -0.1) is 0 Å². The van der Waals surface area contributed by atoms with Crippen LogP contribution in [-0.4, -0.2) is 29.8 Å². The van der Waals surface area contributed by atoms with E-state index in [0.717, 1.165) is 29.9 Å². The molecular weight excluding hydrogens is 381 g/mol. The van der Waals surface area contributed by atoms with Gasteiger partial charge in [0.1, 0.15) is 23.1 Å². The molecule has 0 bridgehead atoms. The zero-order valence-electron chi connectivity index (χ0n) is 15.8. The molecule has 0 saturated carbocycles. The van der Waals surface area contributed by atoms with Crippen LogP contribution in [0, 0.1) is 23.4 Å². The number of imide groups is 1. The third-order valence-corrected chi connectivity index (χ3v) is 5.32. The minimum atomic E-state index is -1.00. The molecule has 4 nitrogen and oxygen atoms in total. The summed E-state index contributed by atoms with van der Waals surface area (Å²) in [5.74, 6) is -3.32. The molecule has 2 aliphatic heterocycles. The van der Waals surface area contributed by atoms with E-state index >= 15 is 0 Å². The Hall–Kier alpha value is -3.09. The van der Waals surface area contributed by atoms with Crippen LogP contribution >= 0.6 is 0 Å². The number of hydrogen-bond donors (Lipinski definition) is 0. The number of piperidine rings is 1. The molecule has 2 aromatic carbocycles. The third kappa shape index (κ3) is 3.41. The number of benzene rings is 2. The lowest BCUT2D eigenvalue weighted by atomic mass is 9.98.